The monoisotopic (exact) mass is 506 g/mol. The normalized spacial score (nSPS) is 10.9. The smallest absolute Gasteiger partial charge is 0.341 e. The number of aryl methyl sites for hydroxylation is 2. The average Bonchev–Trinajstić information content (AvgIpc) is 3.32. The molecule has 0 fully saturated rings. The summed E-state index contributed by atoms with van der Waals surface area (Å²) in [5.41, 5.74) is 7.96. The molecule has 184 valence electrons. The van der Waals surface area contributed by atoms with Crippen LogP contribution < -0.4 is 5.32 Å². The molecular formula is C31H26N2O3S. The van der Waals surface area contributed by atoms with Gasteiger partial charge in [-0.15, -0.1) is 11.3 Å². The van der Waals surface area contributed by atoms with Crippen LogP contribution in [0.1, 0.15) is 37.4 Å². The number of pyridine rings is 1. The first-order valence-electron chi connectivity index (χ1n) is 11.9. The Morgan fingerprint density at radius 2 is 1.43 bits per heavy atom. The summed E-state index contributed by atoms with van der Waals surface area (Å²) in [5.74, 6) is -0.796. The van der Waals surface area contributed by atoms with Crippen LogP contribution >= 0.6 is 11.3 Å². The molecule has 0 aliphatic heterocycles. The lowest BCUT2D eigenvalue weighted by molar-refractivity contribution is 0.0603. The zero-order valence-electron chi connectivity index (χ0n) is 21.1. The molecule has 5 nitrogen and oxygen atoms in total. The van der Waals surface area contributed by atoms with Gasteiger partial charge < -0.3 is 10.1 Å². The molecule has 0 radical (unpaired) electrons. The molecule has 0 bridgehead atoms. The maximum Gasteiger partial charge on any atom is 0.341 e. The van der Waals surface area contributed by atoms with Crippen LogP contribution in [0.25, 0.3) is 33.3 Å². The molecule has 0 spiro atoms. The van der Waals surface area contributed by atoms with Gasteiger partial charge in [-0.25, -0.2) is 9.78 Å². The van der Waals surface area contributed by atoms with Crippen molar-refractivity contribution in [2.24, 2.45) is 0 Å². The number of benzene rings is 3. The van der Waals surface area contributed by atoms with Crippen molar-refractivity contribution in [1.82, 2.24) is 4.98 Å². The molecule has 0 aliphatic rings. The number of fused-ring (bicyclic) bond motifs is 1. The number of aromatic nitrogens is 1. The van der Waals surface area contributed by atoms with Gasteiger partial charge in [-0.05, 0) is 38.0 Å². The third-order valence-electron chi connectivity index (χ3n) is 6.46. The highest BCUT2D eigenvalue weighted by atomic mass is 32.1. The zero-order valence-corrected chi connectivity index (χ0v) is 21.9. The number of nitrogens with zero attached hydrogens (tertiary/aromatic N) is 1. The summed E-state index contributed by atoms with van der Waals surface area (Å²) in [6.07, 6.45) is 0. The minimum Gasteiger partial charge on any atom is -0.465 e. The molecule has 1 N–H and O–H groups in total. The minimum atomic E-state index is -0.497. The predicted octanol–water partition coefficient (Wildman–Crippen LogP) is 7.59. The number of para-hydroxylation sites is 1. The molecule has 37 heavy (non-hydrogen) atoms. The maximum absolute atomic E-state index is 13.9. The lowest BCUT2D eigenvalue weighted by atomic mass is 9.96. The summed E-state index contributed by atoms with van der Waals surface area (Å²) < 4.78 is 5.10. The number of methoxy groups -OCH3 is 1. The summed E-state index contributed by atoms with van der Waals surface area (Å²) in [4.78, 5) is 31.6. The van der Waals surface area contributed by atoms with Gasteiger partial charge in [0.2, 0.25) is 0 Å². The van der Waals surface area contributed by atoms with E-state index >= 15 is 0 Å². The van der Waals surface area contributed by atoms with Crippen molar-refractivity contribution < 1.29 is 14.3 Å². The van der Waals surface area contributed by atoms with Gasteiger partial charge in [0.15, 0.2) is 0 Å². The van der Waals surface area contributed by atoms with E-state index in [1.807, 2.05) is 98.9 Å². The summed E-state index contributed by atoms with van der Waals surface area (Å²) in [6, 6.07) is 23.6. The van der Waals surface area contributed by atoms with Gasteiger partial charge in [-0.1, -0.05) is 77.9 Å². The molecule has 5 rings (SSSR count). The summed E-state index contributed by atoms with van der Waals surface area (Å²) in [5, 5.41) is 6.09. The molecule has 0 saturated carbocycles. The van der Waals surface area contributed by atoms with E-state index in [0.29, 0.717) is 16.1 Å². The van der Waals surface area contributed by atoms with Crippen molar-refractivity contribution in [3.05, 3.63) is 106 Å². The van der Waals surface area contributed by atoms with Gasteiger partial charge >= 0.3 is 5.97 Å². The van der Waals surface area contributed by atoms with E-state index in [9.17, 15) is 9.59 Å². The van der Waals surface area contributed by atoms with Crippen LogP contribution in [0.15, 0.2) is 78.2 Å². The number of esters is 1. The first-order valence-corrected chi connectivity index (χ1v) is 12.8. The Kier molecular flexibility index (Phi) is 6.59. The Bertz CT molecular complexity index is 1630. The Labute approximate surface area is 219 Å². The van der Waals surface area contributed by atoms with Crippen LogP contribution in [-0.4, -0.2) is 24.0 Å². The number of thiophene rings is 1. The molecule has 1 amide bonds. The van der Waals surface area contributed by atoms with Gasteiger partial charge in [0, 0.05) is 21.9 Å². The first-order chi connectivity index (χ1) is 17.9. The van der Waals surface area contributed by atoms with Crippen LogP contribution in [-0.2, 0) is 4.74 Å². The van der Waals surface area contributed by atoms with Crippen LogP contribution in [0, 0.1) is 20.8 Å². The zero-order chi connectivity index (χ0) is 26.1. The summed E-state index contributed by atoms with van der Waals surface area (Å²) >= 11 is 1.31. The van der Waals surface area contributed by atoms with Gasteiger partial charge in [-0.2, -0.15) is 0 Å². The lowest BCUT2D eigenvalue weighted by Crippen LogP contribution is -2.17. The topological polar surface area (TPSA) is 68.3 Å². The minimum absolute atomic E-state index is 0.299. The third kappa shape index (κ3) is 4.63. The number of nitrogens with one attached hydrogen (secondary N) is 1. The van der Waals surface area contributed by atoms with E-state index in [1.54, 1.807) is 0 Å². The number of ether oxygens (including phenoxy) is 1. The molecule has 0 unspecified atom stereocenters. The van der Waals surface area contributed by atoms with E-state index in [0.717, 1.165) is 50.0 Å². The van der Waals surface area contributed by atoms with Crippen molar-refractivity contribution in [1.29, 1.82) is 0 Å². The van der Waals surface area contributed by atoms with E-state index in [4.69, 9.17) is 9.72 Å². The molecule has 0 atom stereocenters. The number of carbonyl (C=O) groups excluding carboxylic acids is 2. The van der Waals surface area contributed by atoms with E-state index in [1.165, 1.54) is 18.4 Å². The Morgan fingerprint density at radius 1 is 0.811 bits per heavy atom. The van der Waals surface area contributed by atoms with Crippen molar-refractivity contribution in [2.45, 2.75) is 20.8 Å². The highest BCUT2D eigenvalue weighted by Crippen LogP contribution is 2.37. The number of carbonyl (C=O) groups is 2. The summed E-state index contributed by atoms with van der Waals surface area (Å²) in [6.45, 7) is 5.96. The van der Waals surface area contributed by atoms with E-state index in [2.05, 4.69) is 5.32 Å². The van der Waals surface area contributed by atoms with Gasteiger partial charge in [0.1, 0.15) is 10.6 Å². The largest absolute Gasteiger partial charge is 0.465 e. The quantitative estimate of drug-likeness (QED) is 0.249. The SMILES string of the molecule is COC(=O)c1c(-c2ccc(C)cc2)csc1NC(=O)c1c(C)c(-c2ccc(C)cc2)nc2ccccc12. The lowest BCUT2D eigenvalue weighted by Gasteiger charge is -2.15. The van der Waals surface area contributed by atoms with Gasteiger partial charge in [0.05, 0.1) is 23.9 Å². The second-order valence-corrected chi connectivity index (χ2v) is 9.89. The number of rotatable bonds is 5. The van der Waals surface area contributed by atoms with E-state index in [-0.39, 0.29) is 5.91 Å². The van der Waals surface area contributed by atoms with Crippen molar-refractivity contribution in [3.63, 3.8) is 0 Å². The second-order valence-electron chi connectivity index (χ2n) is 9.01. The molecule has 6 heteroatoms. The van der Waals surface area contributed by atoms with Gasteiger partial charge in [0.25, 0.3) is 5.91 Å². The van der Waals surface area contributed by atoms with Crippen molar-refractivity contribution in [3.8, 4) is 22.4 Å². The number of anilines is 1. The predicted molar refractivity (Wildman–Crippen MR) is 150 cm³/mol. The standard InChI is InChI=1S/C31H26N2O3S/c1-18-9-13-21(14-10-18)24-17-37-30(27(24)31(35)36-4)33-29(34)26-20(3)28(22-15-11-19(2)12-16-22)32-25-8-6-5-7-23(25)26/h5-17H,1-4H3,(H,33,34). The Morgan fingerprint density at radius 3 is 2.08 bits per heavy atom. The number of hydrogen-bond donors (Lipinski definition) is 1. The highest BCUT2D eigenvalue weighted by Gasteiger charge is 2.25. The molecule has 0 aliphatic carbocycles. The van der Waals surface area contributed by atoms with E-state index < -0.39 is 5.97 Å². The average molecular weight is 507 g/mol. The van der Waals surface area contributed by atoms with Crippen LogP contribution in [0.4, 0.5) is 5.00 Å². The number of amides is 1. The first kappa shape index (κ1) is 24.4. The Balaban J connectivity index is 1.62. The fourth-order valence-electron chi connectivity index (χ4n) is 4.46. The molecule has 5 aromatic rings. The van der Waals surface area contributed by atoms with Gasteiger partial charge in [-0.3, -0.25) is 4.79 Å². The molecule has 3 aromatic carbocycles. The third-order valence-corrected chi connectivity index (χ3v) is 7.35. The second kappa shape index (κ2) is 9.99. The fraction of sp³-hybridized carbons (Fsp3) is 0.129. The molecule has 2 aromatic heterocycles. The van der Waals surface area contributed by atoms with Crippen LogP contribution in [0.5, 0.6) is 0 Å². The van der Waals surface area contributed by atoms with Crippen molar-refractivity contribution >= 4 is 39.1 Å². The van der Waals surface area contributed by atoms with Crippen LogP contribution in [0.2, 0.25) is 0 Å². The van der Waals surface area contributed by atoms with Crippen LogP contribution in [0.3, 0.4) is 0 Å². The molecular weight excluding hydrogens is 480 g/mol. The maximum atomic E-state index is 13.9. The highest BCUT2D eigenvalue weighted by molar-refractivity contribution is 7.15. The summed E-state index contributed by atoms with van der Waals surface area (Å²) in [7, 11) is 1.35. The Hall–Kier alpha value is -4.29. The molecule has 0 saturated heterocycles. The molecule has 2 heterocycles. The number of hydrogen-bond acceptors (Lipinski definition) is 5. The fourth-order valence-corrected chi connectivity index (χ4v) is 5.41. The van der Waals surface area contributed by atoms with Crippen molar-refractivity contribution in [2.75, 3.05) is 12.4 Å².